The summed E-state index contributed by atoms with van der Waals surface area (Å²) < 4.78 is 1.14. The van der Waals surface area contributed by atoms with Crippen LogP contribution in [0.5, 0.6) is 0 Å². The molecular formula is C18H20ClN3S. The lowest BCUT2D eigenvalue weighted by atomic mass is 9.87. The number of hydrogen-bond acceptors (Lipinski definition) is 4. The zero-order valence-corrected chi connectivity index (χ0v) is 14.9. The molecule has 23 heavy (non-hydrogen) atoms. The number of nitrogens with zero attached hydrogens (tertiary/aromatic N) is 1. The fraction of sp³-hybridized carbons (Fsp3) is 0.389. The van der Waals surface area contributed by atoms with Gasteiger partial charge < -0.3 is 11.1 Å². The Morgan fingerprint density at radius 1 is 1.43 bits per heavy atom. The van der Waals surface area contributed by atoms with Gasteiger partial charge in [-0.2, -0.15) is 0 Å². The van der Waals surface area contributed by atoms with Crippen molar-refractivity contribution in [2.75, 3.05) is 11.9 Å². The first-order chi connectivity index (χ1) is 11.1. The van der Waals surface area contributed by atoms with Crippen LogP contribution in [0.1, 0.15) is 36.1 Å². The molecule has 0 bridgehead atoms. The average Bonchev–Trinajstić information content (AvgIpc) is 2.85. The van der Waals surface area contributed by atoms with E-state index in [1.807, 2.05) is 13.0 Å². The minimum Gasteiger partial charge on any atom is -0.373 e. The maximum Gasteiger partial charge on any atom is 0.131 e. The van der Waals surface area contributed by atoms with Gasteiger partial charge in [0.25, 0.3) is 0 Å². The van der Waals surface area contributed by atoms with Crippen molar-refractivity contribution >= 4 is 38.8 Å². The number of hydrogen-bond donors (Lipinski definition) is 2. The van der Waals surface area contributed by atoms with E-state index in [-0.39, 0.29) is 6.04 Å². The van der Waals surface area contributed by atoms with Crippen LogP contribution in [0.15, 0.2) is 18.2 Å². The number of allylic oxidation sites excluding steroid dienone is 1. The average molecular weight is 346 g/mol. The van der Waals surface area contributed by atoms with Gasteiger partial charge in [0, 0.05) is 22.9 Å². The first-order valence-corrected chi connectivity index (χ1v) is 8.95. The minimum atomic E-state index is 0.171. The Hall–Kier alpha value is -1.54. The van der Waals surface area contributed by atoms with E-state index in [0.29, 0.717) is 17.6 Å². The molecule has 2 aromatic rings. The maximum atomic E-state index is 6.34. The second kappa shape index (κ2) is 6.92. The Bertz CT molecular complexity index is 813. The summed E-state index contributed by atoms with van der Waals surface area (Å²) in [4.78, 5) is 5.88. The van der Waals surface area contributed by atoms with Gasteiger partial charge in [-0.05, 0) is 32.3 Å². The number of nitrogens with two attached hydrogens (primary N) is 1. The number of aromatic nitrogens is 1. The number of halogens is 1. The number of aryl methyl sites for hydroxylation is 1. The number of pyridine rings is 1. The third-order valence-corrected chi connectivity index (χ3v) is 5.88. The van der Waals surface area contributed by atoms with E-state index < -0.39 is 0 Å². The highest BCUT2D eigenvalue weighted by atomic mass is 35.5. The lowest BCUT2D eigenvalue weighted by Crippen LogP contribution is -2.29. The summed E-state index contributed by atoms with van der Waals surface area (Å²) in [7, 11) is 0. The van der Waals surface area contributed by atoms with Crippen molar-refractivity contribution in [1.29, 1.82) is 0 Å². The predicted molar refractivity (Wildman–Crippen MR) is 100 cm³/mol. The molecule has 3 nitrogen and oxygen atoms in total. The second-order valence-corrected chi connectivity index (χ2v) is 7.19. The van der Waals surface area contributed by atoms with Crippen molar-refractivity contribution in [1.82, 2.24) is 4.98 Å². The van der Waals surface area contributed by atoms with Crippen LogP contribution in [0.3, 0.4) is 0 Å². The maximum absolute atomic E-state index is 6.34. The van der Waals surface area contributed by atoms with Crippen molar-refractivity contribution < 1.29 is 0 Å². The van der Waals surface area contributed by atoms with Gasteiger partial charge in [-0.15, -0.1) is 17.3 Å². The lowest BCUT2D eigenvalue weighted by Gasteiger charge is -2.24. The van der Waals surface area contributed by atoms with Crippen molar-refractivity contribution in [3.05, 3.63) is 33.8 Å². The molecule has 5 heteroatoms. The first-order valence-electron chi connectivity index (χ1n) is 7.75. The third kappa shape index (κ3) is 3.23. The van der Waals surface area contributed by atoms with E-state index >= 15 is 0 Å². The molecule has 3 rings (SSSR count). The molecule has 0 amide bonds. The van der Waals surface area contributed by atoms with Crippen LogP contribution >= 0.6 is 22.9 Å². The van der Waals surface area contributed by atoms with Crippen LogP contribution in [-0.2, 0) is 0 Å². The molecule has 1 aliphatic carbocycles. The molecule has 0 radical (unpaired) electrons. The van der Waals surface area contributed by atoms with Gasteiger partial charge >= 0.3 is 0 Å². The van der Waals surface area contributed by atoms with Gasteiger partial charge in [0.2, 0.25) is 0 Å². The van der Waals surface area contributed by atoms with Gasteiger partial charge in [-0.1, -0.05) is 29.7 Å². The number of nitrogens with one attached hydrogen (secondary N) is 1. The molecule has 0 saturated carbocycles. The molecule has 0 saturated heterocycles. The largest absolute Gasteiger partial charge is 0.373 e. The monoisotopic (exact) mass is 345 g/mol. The molecule has 120 valence electrons. The summed E-state index contributed by atoms with van der Waals surface area (Å²) in [6, 6.07) is 2.05. The predicted octanol–water partition coefficient (Wildman–Crippen LogP) is 4.45. The number of thiophene rings is 1. The SMILES string of the molecule is CC#CCNc1cc(Cl)nc2c(C)c([C@H]3CC=CC[C@@H]3N)sc12. The number of anilines is 1. The van der Waals surface area contributed by atoms with Crippen LogP contribution in [0.4, 0.5) is 5.69 Å². The summed E-state index contributed by atoms with van der Waals surface area (Å²) in [5.74, 6) is 6.28. The summed E-state index contributed by atoms with van der Waals surface area (Å²) in [6.45, 7) is 4.56. The standard InChI is InChI=1S/C18H20ClN3S/c1-3-4-9-21-14-10-15(19)22-16-11(2)17(23-18(14)16)12-7-5-6-8-13(12)20/h5-6,10,12-13H,7-9,20H2,1-2H3,(H,21,22)/t12-,13-/m0/s1. The zero-order chi connectivity index (χ0) is 16.4. The molecular weight excluding hydrogens is 326 g/mol. The normalized spacial score (nSPS) is 20.3. The van der Waals surface area contributed by atoms with Gasteiger partial charge in [-0.25, -0.2) is 4.98 Å². The van der Waals surface area contributed by atoms with E-state index in [2.05, 4.69) is 41.2 Å². The van der Waals surface area contributed by atoms with Gasteiger partial charge in [0.1, 0.15) is 5.15 Å². The lowest BCUT2D eigenvalue weighted by molar-refractivity contribution is 0.526. The van der Waals surface area contributed by atoms with Crippen molar-refractivity contribution in [2.45, 2.75) is 38.6 Å². The Kier molecular flexibility index (Phi) is 4.91. The quantitative estimate of drug-likeness (QED) is 0.490. The smallest absolute Gasteiger partial charge is 0.131 e. The molecule has 1 aliphatic rings. The second-order valence-electron chi connectivity index (χ2n) is 5.76. The molecule has 2 heterocycles. The third-order valence-electron chi connectivity index (χ3n) is 4.24. The molecule has 0 fully saturated rings. The molecule has 0 unspecified atom stereocenters. The highest BCUT2D eigenvalue weighted by Crippen LogP contribution is 2.42. The van der Waals surface area contributed by atoms with Crippen LogP contribution < -0.4 is 11.1 Å². The van der Waals surface area contributed by atoms with E-state index in [4.69, 9.17) is 17.3 Å². The van der Waals surface area contributed by atoms with Gasteiger partial charge in [0.15, 0.2) is 0 Å². The van der Waals surface area contributed by atoms with E-state index in [0.717, 1.165) is 28.7 Å². The number of fused-ring (bicyclic) bond motifs is 1. The van der Waals surface area contributed by atoms with E-state index in [9.17, 15) is 0 Å². The van der Waals surface area contributed by atoms with E-state index in [1.165, 1.54) is 10.4 Å². The van der Waals surface area contributed by atoms with Crippen LogP contribution in [0.25, 0.3) is 10.2 Å². The highest BCUT2D eigenvalue weighted by molar-refractivity contribution is 7.20. The fourth-order valence-electron chi connectivity index (χ4n) is 3.01. The first kappa shape index (κ1) is 16.3. The Balaban J connectivity index is 2.07. The Morgan fingerprint density at radius 2 is 2.22 bits per heavy atom. The topological polar surface area (TPSA) is 50.9 Å². The molecule has 0 aliphatic heterocycles. The van der Waals surface area contributed by atoms with Gasteiger partial charge in [0.05, 0.1) is 22.4 Å². The molecule has 2 atom stereocenters. The minimum absolute atomic E-state index is 0.171. The fourth-order valence-corrected chi connectivity index (χ4v) is 4.63. The zero-order valence-electron chi connectivity index (χ0n) is 13.3. The van der Waals surface area contributed by atoms with Crippen molar-refractivity contribution in [2.24, 2.45) is 5.73 Å². The Morgan fingerprint density at radius 3 is 2.96 bits per heavy atom. The number of rotatable bonds is 3. The highest BCUT2D eigenvalue weighted by Gasteiger charge is 2.26. The van der Waals surface area contributed by atoms with Gasteiger partial charge in [-0.3, -0.25) is 0 Å². The summed E-state index contributed by atoms with van der Waals surface area (Å²) in [5, 5.41) is 3.86. The molecule has 0 aromatic carbocycles. The summed E-state index contributed by atoms with van der Waals surface area (Å²) in [5.41, 5.74) is 9.52. The molecule has 0 spiro atoms. The van der Waals surface area contributed by atoms with Crippen molar-refractivity contribution in [3.63, 3.8) is 0 Å². The van der Waals surface area contributed by atoms with E-state index in [1.54, 1.807) is 11.3 Å². The molecule has 2 aromatic heterocycles. The van der Waals surface area contributed by atoms with Crippen LogP contribution in [0, 0.1) is 18.8 Å². The van der Waals surface area contributed by atoms with Crippen molar-refractivity contribution in [3.8, 4) is 11.8 Å². The van der Waals surface area contributed by atoms with Crippen LogP contribution in [-0.4, -0.2) is 17.6 Å². The summed E-state index contributed by atoms with van der Waals surface area (Å²) >= 11 is 8.00. The Labute approximate surface area is 145 Å². The molecule has 3 N–H and O–H groups in total. The summed E-state index contributed by atoms with van der Waals surface area (Å²) in [6.07, 6.45) is 6.33. The van der Waals surface area contributed by atoms with Crippen LogP contribution in [0.2, 0.25) is 5.15 Å².